The van der Waals surface area contributed by atoms with Crippen LogP contribution in [0, 0.1) is 5.92 Å². The molecule has 0 saturated heterocycles. The van der Waals surface area contributed by atoms with E-state index in [4.69, 9.17) is 0 Å². The Morgan fingerprint density at radius 3 is 2.39 bits per heavy atom. The van der Waals surface area contributed by atoms with Gasteiger partial charge in [0.1, 0.15) is 12.6 Å². The van der Waals surface area contributed by atoms with Gasteiger partial charge in [0.25, 0.3) is 0 Å². The molecule has 0 aliphatic heterocycles. The lowest BCUT2D eigenvalue weighted by atomic mass is 9.97. The number of carbonyl (C=O) groups is 3. The fourth-order valence-electron chi connectivity index (χ4n) is 2.25. The molecule has 0 radical (unpaired) electrons. The van der Waals surface area contributed by atoms with Crippen molar-refractivity contribution in [3.05, 3.63) is 0 Å². The number of hydrogen-bond donors (Lipinski definition) is 2. The molecule has 18 heavy (non-hydrogen) atoms. The number of esters is 1. The van der Waals surface area contributed by atoms with E-state index >= 15 is 0 Å². The van der Waals surface area contributed by atoms with Crippen molar-refractivity contribution in [2.45, 2.75) is 38.6 Å². The number of methoxy groups -OCH3 is 1. The van der Waals surface area contributed by atoms with Crippen molar-refractivity contribution >= 4 is 17.8 Å². The average molecular weight is 256 g/mol. The maximum Gasteiger partial charge on any atom is 0.325 e. The molecule has 2 N–H and O–H groups in total. The van der Waals surface area contributed by atoms with Crippen LogP contribution in [-0.2, 0) is 19.1 Å². The fourth-order valence-corrected chi connectivity index (χ4v) is 2.25. The minimum atomic E-state index is -0.547. The van der Waals surface area contributed by atoms with E-state index in [2.05, 4.69) is 15.4 Å². The van der Waals surface area contributed by atoms with Crippen LogP contribution in [0.1, 0.15) is 32.6 Å². The Morgan fingerprint density at radius 2 is 1.89 bits per heavy atom. The van der Waals surface area contributed by atoms with Gasteiger partial charge in [0.15, 0.2) is 0 Å². The SMILES string of the molecule is COC(=O)CNC(=O)C(NC(C)=O)C1CCCC1. The molecule has 1 saturated carbocycles. The Kier molecular flexibility index (Phi) is 5.61. The molecule has 1 fully saturated rings. The molecule has 102 valence electrons. The first-order chi connectivity index (χ1) is 8.54. The van der Waals surface area contributed by atoms with Crippen LogP contribution in [0.25, 0.3) is 0 Å². The van der Waals surface area contributed by atoms with E-state index in [-0.39, 0.29) is 24.3 Å². The van der Waals surface area contributed by atoms with Crippen molar-refractivity contribution in [1.82, 2.24) is 10.6 Å². The summed E-state index contributed by atoms with van der Waals surface area (Å²) < 4.78 is 4.45. The van der Waals surface area contributed by atoms with E-state index in [9.17, 15) is 14.4 Å². The van der Waals surface area contributed by atoms with Gasteiger partial charge < -0.3 is 15.4 Å². The molecule has 0 heterocycles. The standard InChI is InChI=1S/C12H20N2O4/c1-8(15)14-11(9-5-3-4-6-9)12(17)13-7-10(16)18-2/h9,11H,3-7H2,1-2H3,(H,13,17)(H,14,15). The highest BCUT2D eigenvalue weighted by atomic mass is 16.5. The molecule has 1 rings (SSSR count). The number of rotatable bonds is 5. The number of ether oxygens (including phenoxy) is 1. The Labute approximate surface area is 106 Å². The normalized spacial score (nSPS) is 17.0. The molecule has 0 aromatic rings. The second kappa shape index (κ2) is 6.98. The van der Waals surface area contributed by atoms with E-state index in [0.29, 0.717) is 0 Å². The van der Waals surface area contributed by atoms with E-state index in [1.807, 2.05) is 0 Å². The molecule has 1 aliphatic carbocycles. The number of amides is 2. The number of carbonyl (C=O) groups excluding carboxylic acids is 3. The zero-order valence-corrected chi connectivity index (χ0v) is 10.8. The van der Waals surface area contributed by atoms with E-state index in [0.717, 1.165) is 25.7 Å². The van der Waals surface area contributed by atoms with Gasteiger partial charge in [0, 0.05) is 6.92 Å². The Hall–Kier alpha value is -1.59. The molecule has 1 unspecified atom stereocenters. The summed E-state index contributed by atoms with van der Waals surface area (Å²) in [6.07, 6.45) is 4.00. The van der Waals surface area contributed by atoms with Gasteiger partial charge >= 0.3 is 5.97 Å². The highest BCUT2D eigenvalue weighted by Gasteiger charge is 2.31. The minimum Gasteiger partial charge on any atom is -0.468 e. The van der Waals surface area contributed by atoms with Crippen molar-refractivity contribution in [3.63, 3.8) is 0 Å². The third-order valence-corrected chi connectivity index (χ3v) is 3.15. The largest absolute Gasteiger partial charge is 0.468 e. The second-order valence-corrected chi connectivity index (χ2v) is 4.52. The molecule has 6 heteroatoms. The Morgan fingerprint density at radius 1 is 1.28 bits per heavy atom. The summed E-state index contributed by atoms with van der Waals surface area (Å²) in [4.78, 5) is 34.0. The van der Waals surface area contributed by atoms with Crippen LogP contribution in [0.3, 0.4) is 0 Å². The first kappa shape index (κ1) is 14.5. The summed E-state index contributed by atoms with van der Waals surface area (Å²) in [7, 11) is 1.26. The smallest absolute Gasteiger partial charge is 0.325 e. The maximum absolute atomic E-state index is 12.0. The maximum atomic E-state index is 12.0. The number of hydrogen-bond acceptors (Lipinski definition) is 4. The predicted octanol–water partition coefficient (Wildman–Crippen LogP) is -0.0295. The van der Waals surface area contributed by atoms with Crippen LogP contribution in [0.2, 0.25) is 0 Å². The average Bonchev–Trinajstić information content (AvgIpc) is 2.85. The summed E-state index contributed by atoms with van der Waals surface area (Å²) in [6.45, 7) is 1.22. The van der Waals surface area contributed by atoms with Crippen LogP contribution in [0.15, 0.2) is 0 Å². The molecule has 2 amide bonds. The van der Waals surface area contributed by atoms with Crippen LogP contribution < -0.4 is 10.6 Å². The first-order valence-corrected chi connectivity index (χ1v) is 6.16. The third-order valence-electron chi connectivity index (χ3n) is 3.15. The van der Waals surface area contributed by atoms with Crippen LogP contribution in [0.4, 0.5) is 0 Å². The highest BCUT2D eigenvalue weighted by Crippen LogP contribution is 2.27. The summed E-state index contributed by atoms with van der Waals surface area (Å²) in [5, 5.41) is 5.15. The lowest BCUT2D eigenvalue weighted by molar-refractivity contribution is -0.141. The molecular formula is C12H20N2O4. The third kappa shape index (κ3) is 4.35. The molecule has 6 nitrogen and oxygen atoms in total. The summed E-state index contributed by atoms with van der Waals surface area (Å²) in [5.74, 6) is -0.898. The zero-order chi connectivity index (χ0) is 13.5. The Balaban J connectivity index is 2.55. The number of nitrogens with one attached hydrogen (secondary N) is 2. The van der Waals surface area contributed by atoms with Gasteiger partial charge in [-0.1, -0.05) is 12.8 Å². The van der Waals surface area contributed by atoms with Gasteiger partial charge in [0.05, 0.1) is 7.11 Å². The molecule has 0 aromatic carbocycles. The van der Waals surface area contributed by atoms with Crippen molar-refractivity contribution in [2.75, 3.05) is 13.7 Å². The van der Waals surface area contributed by atoms with E-state index in [1.165, 1.54) is 14.0 Å². The highest BCUT2D eigenvalue weighted by molar-refractivity contribution is 5.89. The van der Waals surface area contributed by atoms with Gasteiger partial charge in [-0.2, -0.15) is 0 Å². The van der Waals surface area contributed by atoms with Crippen LogP contribution in [-0.4, -0.2) is 37.5 Å². The van der Waals surface area contributed by atoms with E-state index in [1.54, 1.807) is 0 Å². The zero-order valence-electron chi connectivity index (χ0n) is 10.8. The second-order valence-electron chi connectivity index (χ2n) is 4.52. The summed E-state index contributed by atoms with van der Waals surface area (Å²) in [6, 6.07) is -0.547. The summed E-state index contributed by atoms with van der Waals surface area (Å²) in [5.41, 5.74) is 0. The first-order valence-electron chi connectivity index (χ1n) is 6.16. The van der Waals surface area contributed by atoms with Crippen LogP contribution in [0.5, 0.6) is 0 Å². The van der Waals surface area contributed by atoms with Gasteiger partial charge in [0.2, 0.25) is 11.8 Å². The molecule has 0 spiro atoms. The fraction of sp³-hybridized carbons (Fsp3) is 0.750. The van der Waals surface area contributed by atoms with Gasteiger partial charge in [-0.05, 0) is 18.8 Å². The summed E-state index contributed by atoms with van der Waals surface area (Å²) >= 11 is 0. The lowest BCUT2D eigenvalue weighted by Crippen LogP contribution is -2.50. The molecule has 0 bridgehead atoms. The molecule has 1 atom stereocenters. The van der Waals surface area contributed by atoms with Crippen molar-refractivity contribution in [1.29, 1.82) is 0 Å². The van der Waals surface area contributed by atoms with E-state index < -0.39 is 12.0 Å². The Bertz CT molecular complexity index is 324. The van der Waals surface area contributed by atoms with Crippen LogP contribution >= 0.6 is 0 Å². The van der Waals surface area contributed by atoms with Gasteiger partial charge in [-0.3, -0.25) is 14.4 Å². The topological polar surface area (TPSA) is 84.5 Å². The quantitative estimate of drug-likeness (QED) is 0.677. The molecule has 1 aliphatic rings. The van der Waals surface area contributed by atoms with Crippen molar-refractivity contribution < 1.29 is 19.1 Å². The lowest BCUT2D eigenvalue weighted by Gasteiger charge is -2.22. The molecular weight excluding hydrogens is 236 g/mol. The molecule has 0 aromatic heterocycles. The van der Waals surface area contributed by atoms with Crippen molar-refractivity contribution in [3.8, 4) is 0 Å². The minimum absolute atomic E-state index is 0.159. The predicted molar refractivity (Wildman–Crippen MR) is 64.6 cm³/mol. The monoisotopic (exact) mass is 256 g/mol. The van der Waals surface area contributed by atoms with Gasteiger partial charge in [-0.15, -0.1) is 0 Å². The van der Waals surface area contributed by atoms with Crippen molar-refractivity contribution in [2.24, 2.45) is 5.92 Å². The van der Waals surface area contributed by atoms with Gasteiger partial charge in [-0.25, -0.2) is 0 Å².